The third kappa shape index (κ3) is 15.3. The lowest BCUT2D eigenvalue weighted by Crippen LogP contribution is -2.41. The van der Waals surface area contributed by atoms with Crippen LogP contribution < -0.4 is 5.46 Å². The van der Waals surface area contributed by atoms with E-state index in [0.717, 1.165) is 62.3 Å². The number of ether oxygens (including phenoxy) is 3. The first-order chi connectivity index (χ1) is 33.3. The van der Waals surface area contributed by atoms with Gasteiger partial charge in [0.1, 0.15) is 65.3 Å². The van der Waals surface area contributed by atoms with Gasteiger partial charge in [-0.3, -0.25) is 5.10 Å². The van der Waals surface area contributed by atoms with Crippen LogP contribution in [0.2, 0.25) is 61.7 Å². The maximum Gasteiger partial charge on any atom is 0.498 e. The van der Waals surface area contributed by atoms with Crippen molar-refractivity contribution in [3.8, 4) is 11.3 Å². The molecule has 1 aliphatic heterocycles. The van der Waals surface area contributed by atoms with Crippen LogP contribution in [0.1, 0.15) is 48.5 Å². The quantitative estimate of drug-likeness (QED) is 0.0662. The van der Waals surface area contributed by atoms with Gasteiger partial charge in [0, 0.05) is 83.0 Å². The number of nitrogens with zero attached hydrogens (tertiary/aromatic N) is 11. The average Bonchev–Trinajstić information content (AvgIpc) is 4.14. The molecule has 0 spiro atoms. The molecule has 1 aliphatic rings. The summed E-state index contributed by atoms with van der Waals surface area (Å²) in [5.74, 6) is 0. The Morgan fingerprint density at radius 3 is 1.85 bits per heavy atom. The van der Waals surface area contributed by atoms with Crippen LogP contribution in [0.15, 0.2) is 80.6 Å². The molecule has 1 fully saturated rings. The molecule has 380 valence electrons. The van der Waals surface area contributed by atoms with Crippen LogP contribution in [-0.4, -0.2) is 123 Å². The molecular weight excluding hydrogens is 980 g/mol. The summed E-state index contributed by atoms with van der Waals surface area (Å²) < 4.78 is 33.7. The van der Waals surface area contributed by atoms with Crippen LogP contribution >= 0.6 is 23.2 Å². The zero-order chi connectivity index (χ0) is 51.8. The molecule has 8 aromatic rings. The predicted octanol–water partition coefficient (Wildman–Crippen LogP) is 10.1. The topological polar surface area (TPSA) is 213 Å². The number of carbonyl (C=O) groups excluding carboxylic acids is 1. The first-order valence-corrected chi connectivity index (χ1v) is 31.4. The monoisotopic (exact) mass is 1050 g/mol. The van der Waals surface area contributed by atoms with Gasteiger partial charge >= 0.3 is 13.2 Å². The Hall–Kier alpha value is -5.33. The highest BCUT2D eigenvalue weighted by Gasteiger charge is 2.52. The standard InChI is InChI=1S/C15H21N5OSi.C14H23BN2O4.C12H18ClN3OSi.C6H4ClN3/c1-22(2,3)7-6-21-11-20-5-4-13-14(12-8-18-19-9-12)16-10-17-15(13)20;1-12(2,3)19-11(18)17-9-10(8-16-17)15-20-13(4,5)14(6,7)21-15;1-18(2,3)7-6-17-9-16-5-4-10-11(13)14-8-15-12(10)16;7-5-4-1-2-8-6(4)10-3-9-5/h4-5,8-10H,6-7,11H2,1-3H3,(H,18,19);8-9H,1-7H3;4-5,8H,6-7,9H2,1-3H3;1-3H,(H,8,9,10). The normalized spacial score (nSPS) is 14.4. The van der Waals surface area contributed by atoms with Crippen molar-refractivity contribution in [2.45, 2.75) is 130 Å². The van der Waals surface area contributed by atoms with Gasteiger partial charge in [-0.2, -0.15) is 14.9 Å². The minimum absolute atomic E-state index is 0.425. The second-order valence-electron chi connectivity index (χ2n) is 21.3. The Balaban J connectivity index is 0.000000159. The van der Waals surface area contributed by atoms with Crippen molar-refractivity contribution in [2.75, 3.05) is 13.2 Å². The van der Waals surface area contributed by atoms with E-state index in [2.05, 4.69) is 89.5 Å². The first kappa shape index (κ1) is 55.0. The van der Waals surface area contributed by atoms with Crippen molar-refractivity contribution in [1.82, 2.24) is 64.0 Å². The number of fused-ring (bicyclic) bond motifs is 3. The fourth-order valence-corrected chi connectivity index (χ4v) is 8.47. The maximum atomic E-state index is 11.9. The summed E-state index contributed by atoms with van der Waals surface area (Å²) in [6.07, 6.45) is 16.4. The second-order valence-corrected chi connectivity index (χ2v) is 33.3. The van der Waals surface area contributed by atoms with Crippen LogP contribution in [0.25, 0.3) is 44.4 Å². The van der Waals surface area contributed by atoms with Gasteiger partial charge in [0.2, 0.25) is 0 Å². The van der Waals surface area contributed by atoms with E-state index >= 15 is 0 Å². The van der Waals surface area contributed by atoms with E-state index in [1.165, 1.54) is 24.7 Å². The summed E-state index contributed by atoms with van der Waals surface area (Å²) >= 11 is 11.7. The molecule has 1 saturated heterocycles. The predicted molar refractivity (Wildman–Crippen MR) is 284 cm³/mol. The van der Waals surface area contributed by atoms with Gasteiger partial charge in [0.25, 0.3) is 0 Å². The maximum absolute atomic E-state index is 11.9. The van der Waals surface area contributed by atoms with Crippen molar-refractivity contribution < 1.29 is 28.3 Å². The molecule has 0 bridgehead atoms. The summed E-state index contributed by atoms with van der Waals surface area (Å²) in [6.45, 7) is 30.1. The lowest BCUT2D eigenvalue weighted by Gasteiger charge is -2.32. The van der Waals surface area contributed by atoms with Crippen LogP contribution in [-0.2, 0) is 37.0 Å². The Bertz CT molecular complexity index is 2960. The van der Waals surface area contributed by atoms with Crippen LogP contribution in [0.4, 0.5) is 4.79 Å². The van der Waals surface area contributed by atoms with Gasteiger partial charge in [-0.15, -0.1) is 0 Å². The Morgan fingerprint density at radius 2 is 1.30 bits per heavy atom. The van der Waals surface area contributed by atoms with E-state index in [-0.39, 0.29) is 0 Å². The highest BCUT2D eigenvalue weighted by Crippen LogP contribution is 2.36. The molecule has 9 heterocycles. The number of H-pyrrole nitrogens is 2. The average molecular weight is 1050 g/mol. The van der Waals surface area contributed by atoms with E-state index < -0.39 is 46.2 Å². The highest BCUT2D eigenvalue weighted by atomic mass is 35.5. The van der Waals surface area contributed by atoms with E-state index in [1.807, 2.05) is 94.4 Å². The zero-order valence-electron chi connectivity index (χ0n) is 43.0. The number of hydrogen-bond acceptors (Lipinski definition) is 14. The highest BCUT2D eigenvalue weighted by molar-refractivity contribution is 6.76. The molecule has 0 amide bonds. The molecule has 0 unspecified atom stereocenters. The van der Waals surface area contributed by atoms with Crippen LogP contribution in [0.5, 0.6) is 0 Å². The fraction of sp³-hybridized carbons (Fsp3) is 0.468. The molecule has 0 aliphatic carbocycles. The van der Waals surface area contributed by atoms with E-state index in [1.54, 1.807) is 31.1 Å². The third-order valence-electron chi connectivity index (χ3n) is 11.3. The van der Waals surface area contributed by atoms with Crippen molar-refractivity contribution in [2.24, 2.45) is 0 Å². The second kappa shape index (κ2) is 23.0. The zero-order valence-corrected chi connectivity index (χ0v) is 46.5. The first-order valence-electron chi connectivity index (χ1n) is 23.3. The smallest absolute Gasteiger partial charge is 0.442 e. The molecule has 9 rings (SSSR count). The molecule has 0 saturated carbocycles. The van der Waals surface area contributed by atoms with Gasteiger partial charge in [0.05, 0.1) is 33.9 Å². The Kier molecular flexibility index (Phi) is 17.8. The molecule has 71 heavy (non-hydrogen) atoms. The fourth-order valence-electron chi connectivity index (χ4n) is 6.56. The molecular formula is C47H66BCl2N13O6Si2. The minimum Gasteiger partial charge on any atom is -0.442 e. The molecule has 0 atom stereocenters. The number of carbonyl (C=O) groups is 1. The summed E-state index contributed by atoms with van der Waals surface area (Å²) in [6, 6.07) is 8.13. The van der Waals surface area contributed by atoms with Crippen LogP contribution in [0, 0.1) is 0 Å². The number of nitrogens with one attached hydrogen (secondary N) is 2. The number of aromatic nitrogens is 13. The summed E-state index contributed by atoms with van der Waals surface area (Å²) in [5.41, 5.74) is 3.62. The molecule has 8 aromatic heterocycles. The molecule has 19 nitrogen and oxygen atoms in total. The molecule has 0 aromatic carbocycles. The summed E-state index contributed by atoms with van der Waals surface area (Å²) in [4.78, 5) is 39.6. The van der Waals surface area contributed by atoms with Gasteiger partial charge in [-0.25, -0.2) is 34.7 Å². The van der Waals surface area contributed by atoms with Crippen LogP contribution in [0.3, 0.4) is 0 Å². The number of aromatic amines is 2. The third-order valence-corrected chi connectivity index (χ3v) is 15.3. The van der Waals surface area contributed by atoms with E-state index in [0.29, 0.717) is 29.2 Å². The van der Waals surface area contributed by atoms with E-state index in [4.69, 9.17) is 46.7 Å². The number of rotatable bonds is 12. The Labute approximate surface area is 426 Å². The lowest BCUT2D eigenvalue weighted by molar-refractivity contribution is 0.00578. The summed E-state index contributed by atoms with van der Waals surface area (Å²) in [7, 11) is -2.61. The van der Waals surface area contributed by atoms with Gasteiger partial charge < -0.3 is 37.6 Å². The molecule has 0 radical (unpaired) electrons. The summed E-state index contributed by atoms with van der Waals surface area (Å²) in [5, 5.41) is 14.5. The number of halogens is 2. The van der Waals surface area contributed by atoms with Crippen molar-refractivity contribution in [1.29, 1.82) is 0 Å². The van der Waals surface area contributed by atoms with Crippen molar-refractivity contribution >= 4 is 91.1 Å². The lowest BCUT2D eigenvalue weighted by atomic mass is 9.82. The molecule has 24 heteroatoms. The van der Waals surface area contributed by atoms with Gasteiger partial charge in [-0.05, 0) is 78.8 Å². The Morgan fingerprint density at radius 1 is 0.746 bits per heavy atom. The van der Waals surface area contributed by atoms with Crippen molar-refractivity contribution in [3.63, 3.8) is 0 Å². The van der Waals surface area contributed by atoms with Gasteiger partial charge in [0.15, 0.2) is 0 Å². The molecule has 2 N–H and O–H groups in total. The van der Waals surface area contributed by atoms with Gasteiger partial charge in [-0.1, -0.05) is 62.5 Å². The SMILES string of the molecule is CC(C)(C)OC(=O)n1cc(B2OC(C)(C)C(C)(C)O2)cn1.C[Si](C)(C)CCOCn1ccc2c(-c3cn[nH]c3)ncnc21.C[Si](C)(C)CCOCn1ccc2c(Cl)ncnc21.Clc1ncnc2[nH]ccc12. The van der Waals surface area contributed by atoms with E-state index in [9.17, 15) is 4.79 Å². The minimum atomic E-state index is -1.05. The number of hydrogen-bond donors (Lipinski definition) is 2. The van der Waals surface area contributed by atoms with Crippen molar-refractivity contribution in [3.05, 3.63) is 90.9 Å². The largest absolute Gasteiger partial charge is 0.498 e.